The monoisotopic (exact) mass is 231 g/mol. The minimum Gasteiger partial charge on any atom is -0.394 e. The summed E-state index contributed by atoms with van der Waals surface area (Å²) in [4.78, 5) is 13.1. The minimum atomic E-state index is -0.139. The molecular weight excluding hydrogens is 210 g/mol. The molecule has 4 N–H and O–H groups in total. The van der Waals surface area contributed by atoms with E-state index < -0.39 is 0 Å². The quantitative estimate of drug-likeness (QED) is 0.315. The van der Waals surface area contributed by atoms with Crippen LogP contribution in [0.1, 0.15) is 19.8 Å². The van der Waals surface area contributed by atoms with Crippen LogP contribution in [-0.4, -0.2) is 54.4 Å². The highest BCUT2D eigenvalue weighted by Crippen LogP contribution is 2.11. The van der Waals surface area contributed by atoms with Crippen LogP contribution in [0, 0.1) is 0 Å². The Morgan fingerprint density at radius 3 is 3.00 bits per heavy atom. The highest BCUT2D eigenvalue weighted by molar-refractivity contribution is 5.75. The topological polar surface area (TPSA) is 87.8 Å². The summed E-state index contributed by atoms with van der Waals surface area (Å²) in [5.41, 5.74) is 2.11. The van der Waals surface area contributed by atoms with E-state index in [1.807, 2.05) is 6.92 Å². The average molecular weight is 231 g/mol. The molecule has 94 valence electrons. The minimum absolute atomic E-state index is 0.0458. The molecule has 0 aliphatic carbocycles. The number of hydrazine groups is 1. The molecule has 1 heterocycles. The molecule has 1 saturated heterocycles. The van der Waals surface area contributed by atoms with Gasteiger partial charge in [-0.15, -0.1) is 0 Å². The average Bonchev–Trinajstić information content (AvgIpc) is 2.28. The van der Waals surface area contributed by atoms with Gasteiger partial charge in [-0.05, 0) is 19.9 Å². The zero-order valence-corrected chi connectivity index (χ0v) is 9.69. The number of morpholine rings is 1. The predicted octanol–water partition coefficient (Wildman–Crippen LogP) is -1.16. The SMILES string of the molecule is CC1CN(CCCC(=O)NN)CC(CO)O1. The first-order valence-electron chi connectivity index (χ1n) is 5.63. The number of carbonyl (C=O) groups is 1. The first kappa shape index (κ1) is 13.4. The van der Waals surface area contributed by atoms with Crippen molar-refractivity contribution in [1.29, 1.82) is 0 Å². The highest BCUT2D eigenvalue weighted by atomic mass is 16.5. The number of hydrogen-bond acceptors (Lipinski definition) is 5. The standard InChI is InChI=1S/C10H21N3O3/c1-8-5-13(6-9(7-14)16-8)4-2-3-10(15)12-11/h8-9,14H,2-7,11H2,1H3,(H,12,15). The van der Waals surface area contributed by atoms with Crippen molar-refractivity contribution >= 4 is 5.91 Å². The van der Waals surface area contributed by atoms with Crippen LogP contribution in [-0.2, 0) is 9.53 Å². The summed E-state index contributed by atoms with van der Waals surface area (Å²) in [5, 5.41) is 9.05. The van der Waals surface area contributed by atoms with E-state index in [0.29, 0.717) is 6.42 Å². The Morgan fingerprint density at radius 1 is 1.62 bits per heavy atom. The van der Waals surface area contributed by atoms with Crippen molar-refractivity contribution in [2.45, 2.75) is 32.0 Å². The van der Waals surface area contributed by atoms with Crippen molar-refractivity contribution in [2.24, 2.45) is 5.84 Å². The molecule has 2 unspecified atom stereocenters. The van der Waals surface area contributed by atoms with Crippen molar-refractivity contribution in [2.75, 3.05) is 26.2 Å². The van der Waals surface area contributed by atoms with Crippen LogP contribution in [0.15, 0.2) is 0 Å². The smallest absolute Gasteiger partial charge is 0.233 e. The maximum absolute atomic E-state index is 10.9. The molecule has 6 nitrogen and oxygen atoms in total. The number of aliphatic hydroxyl groups excluding tert-OH is 1. The van der Waals surface area contributed by atoms with E-state index in [2.05, 4.69) is 10.3 Å². The second-order valence-electron chi connectivity index (χ2n) is 4.18. The number of rotatable bonds is 5. The molecule has 0 bridgehead atoms. The van der Waals surface area contributed by atoms with Gasteiger partial charge in [0.05, 0.1) is 18.8 Å². The Morgan fingerprint density at radius 2 is 2.38 bits per heavy atom. The Hall–Kier alpha value is -0.690. The number of aliphatic hydroxyl groups is 1. The van der Waals surface area contributed by atoms with Crippen LogP contribution < -0.4 is 11.3 Å². The molecule has 0 aromatic heterocycles. The molecule has 1 aliphatic rings. The van der Waals surface area contributed by atoms with Crippen molar-refractivity contribution in [3.8, 4) is 0 Å². The first-order chi connectivity index (χ1) is 7.65. The normalized spacial score (nSPS) is 26.7. The van der Waals surface area contributed by atoms with Gasteiger partial charge in [0.1, 0.15) is 0 Å². The Bertz CT molecular complexity index is 225. The zero-order valence-electron chi connectivity index (χ0n) is 9.69. The fourth-order valence-corrected chi connectivity index (χ4v) is 1.96. The van der Waals surface area contributed by atoms with Gasteiger partial charge in [-0.3, -0.25) is 15.1 Å². The second-order valence-corrected chi connectivity index (χ2v) is 4.18. The lowest BCUT2D eigenvalue weighted by molar-refractivity contribution is -0.121. The molecule has 1 amide bonds. The van der Waals surface area contributed by atoms with Crippen LogP contribution in [0.3, 0.4) is 0 Å². The van der Waals surface area contributed by atoms with Crippen LogP contribution in [0.2, 0.25) is 0 Å². The van der Waals surface area contributed by atoms with Gasteiger partial charge in [-0.2, -0.15) is 0 Å². The highest BCUT2D eigenvalue weighted by Gasteiger charge is 2.24. The molecule has 0 radical (unpaired) electrons. The molecule has 1 rings (SSSR count). The van der Waals surface area contributed by atoms with E-state index in [9.17, 15) is 4.79 Å². The molecule has 16 heavy (non-hydrogen) atoms. The van der Waals surface area contributed by atoms with Crippen LogP contribution in [0.5, 0.6) is 0 Å². The van der Waals surface area contributed by atoms with E-state index >= 15 is 0 Å². The summed E-state index contributed by atoms with van der Waals surface area (Å²) in [5.74, 6) is 4.85. The van der Waals surface area contributed by atoms with E-state index in [1.54, 1.807) is 0 Å². The van der Waals surface area contributed by atoms with E-state index in [0.717, 1.165) is 26.1 Å². The van der Waals surface area contributed by atoms with Gasteiger partial charge in [-0.25, -0.2) is 5.84 Å². The van der Waals surface area contributed by atoms with Crippen molar-refractivity contribution < 1.29 is 14.6 Å². The molecule has 0 saturated carbocycles. The van der Waals surface area contributed by atoms with Gasteiger partial charge in [-0.1, -0.05) is 0 Å². The van der Waals surface area contributed by atoms with Crippen LogP contribution in [0.4, 0.5) is 0 Å². The maximum atomic E-state index is 10.9. The molecule has 0 aromatic carbocycles. The van der Waals surface area contributed by atoms with Gasteiger partial charge in [0.2, 0.25) is 5.91 Å². The van der Waals surface area contributed by atoms with Gasteiger partial charge in [0.15, 0.2) is 0 Å². The maximum Gasteiger partial charge on any atom is 0.233 e. The molecular formula is C10H21N3O3. The van der Waals surface area contributed by atoms with Crippen molar-refractivity contribution in [3.63, 3.8) is 0 Å². The summed E-state index contributed by atoms with van der Waals surface area (Å²) in [6.45, 7) is 4.44. The molecule has 0 spiro atoms. The molecule has 0 aromatic rings. The summed E-state index contributed by atoms with van der Waals surface area (Å²) in [6, 6.07) is 0. The number of hydrogen-bond donors (Lipinski definition) is 3. The Kier molecular flexibility index (Phi) is 5.68. The summed E-state index contributed by atoms with van der Waals surface area (Å²) in [6.07, 6.45) is 1.24. The van der Waals surface area contributed by atoms with E-state index in [-0.39, 0.29) is 24.7 Å². The zero-order chi connectivity index (χ0) is 12.0. The van der Waals surface area contributed by atoms with E-state index in [4.69, 9.17) is 15.7 Å². The summed E-state index contributed by atoms with van der Waals surface area (Å²) in [7, 11) is 0. The van der Waals surface area contributed by atoms with Gasteiger partial charge in [0.25, 0.3) is 0 Å². The molecule has 1 fully saturated rings. The number of ether oxygens (including phenoxy) is 1. The Balaban J connectivity index is 2.23. The number of nitrogens with one attached hydrogen (secondary N) is 1. The largest absolute Gasteiger partial charge is 0.394 e. The summed E-state index contributed by atoms with van der Waals surface area (Å²) >= 11 is 0. The van der Waals surface area contributed by atoms with Gasteiger partial charge in [0, 0.05) is 19.5 Å². The molecule has 6 heteroatoms. The van der Waals surface area contributed by atoms with Gasteiger partial charge < -0.3 is 9.84 Å². The number of carbonyl (C=O) groups excluding carboxylic acids is 1. The predicted molar refractivity (Wildman–Crippen MR) is 59.4 cm³/mol. The fourth-order valence-electron chi connectivity index (χ4n) is 1.96. The van der Waals surface area contributed by atoms with Crippen molar-refractivity contribution in [3.05, 3.63) is 0 Å². The second kappa shape index (κ2) is 6.80. The fraction of sp³-hybridized carbons (Fsp3) is 0.900. The van der Waals surface area contributed by atoms with Crippen LogP contribution in [0.25, 0.3) is 0 Å². The Labute approximate surface area is 95.7 Å². The molecule has 2 atom stereocenters. The van der Waals surface area contributed by atoms with Crippen LogP contribution >= 0.6 is 0 Å². The third kappa shape index (κ3) is 4.44. The number of nitrogens with two attached hydrogens (primary N) is 1. The summed E-state index contributed by atoms with van der Waals surface area (Å²) < 4.78 is 5.52. The lowest BCUT2D eigenvalue weighted by Gasteiger charge is -2.36. The lowest BCUT2D eigenvalue weighted by atomic mass is 10.2. The molecule has 1 aliphatic heterocycles. The van der Waals surface area contributed by atoms with Crippen molar-refractivity contribution in [1.82, 2.24) is 10.3 Å². The number of nitrogens with zero attached hydrogens (tertiary/aromatic N) is 1. The van der Waals surface area contributed by atoms with E-state index in [1.165, 1.54) is 0 Å². The lowest BCUT2D eigenvalue weighted by Crippen LogP contribution is -2.48. The van der Waals surface area contributed by atoms with Gasteiger partial charge >= 0.3 is 0 Å². The third-order valence-corrected chi connectivity index (χ3v) is 2.64. The first-order valence-corrected chi connectivity index (χ1v) is 5.63. The number of amides is 1. The third-order valence-electron chi connectivity index (χ3n) is 2.64.